The van der Waals surface area contributed by atoms with Crippen molar-refractivity contribution in [2.45, 2.75) is 39.5 Å². The summed E-state index contributed by atoms with van der Waals surface area (Å²) < 4.78 is 7.87. The van der Waals surface area contributed by atoms with Crippen LogP contribution in [-0.2, 0) is 23.1 Å². The Hall–Kier alpha value is -2.93. The minimum atomic E-state index is -0.351. The van der Waals surface area contributed by atoms with Crippen LogP contribution >= 0.6 is 24.0 Å². The molecular weight excluding hydrogens is 468 g/mol. The zero-order valence-electron chi connectivity index (χ0n) is 19.6. The molecule has 0 N–H and O–H groups in total. The number of hydrogen-bond acceptors (Lipinski definition) is 7. The molecule has 2 unspecified atom stereocenters. The van der Waals surface area contributed by atoms with E-state index in [-0.39, 0.29) is 29.2 Å². The lowest BCUT2D eigenvalue weighted by Crippen LogP contribution is -2.47. The van der Waals surface area contributed by atoms with Gasteiger partial charge in [0.15, 0.2) is 0 Å². The fraction of sp³-hybridized carbons (Fsp3) is 0.360. The van der Waals surface area contributed by atoms with Gasteiger partial charge in [0, 0.05) is 25.7 Å². The molecule has 0 radical (unpaired) electrons. The smallest absolute Gasteiger partial charge is 0.270 e. The third-order valence-electron chi connectivity index (χ3n) is 6.02. The van der Waals surface area contributed by atoms with Crippen molar-refractivity contribution in [3.63, 3.8) is 0 Å². The Morgan fingerprint density at radius 1 is 1.21 bits per heavy atom. The van der Waals surface area contributed by atoms with Crippen LogP contribution in [0.3, 0.4) is 0 Å². The minimum absolute atomic E-state index is 0.0215. The maximum Gasteiger partial charge on any atom is 0.270 e. The Labute approximate surface area is 208 Å². The number of amides is 1. The largest absolute Gasteiger partial charge is 0.372 e. The first-order valence-corrected chi connectivity index (χ1v) is 12.3. The van der Waals surface area contributed by atoms with Gasteiger partial charge in [-0.15, -0.1) is 0 Å². The average Bonchev–Trinajstić information content (AvgIpc) is 3.05. The fourth-order valence-electron chi connectivity index (χ4n) is 4.48. The molecule has 0 bridgehead atoms. The molecule has 4 rings (SSSR count). The number of anilines is 1. The lowest BCUT2D eigenvalue weighted by Gasteiger charge is -2.38. The second-order valence-electron chi connectivity index (χ2n) is 8.63. The number of hydrogen-bond donors (Lipinski definition) is 0. The van der Waals surface area contributed by atoms with E-state index in [4.69, 9.17) is 17.0 Å². The van der Waals surface area contributed by atoms with Crippen molar-refractivity contribution in [1.82, 2.24) is 9.47 Å². The van der Waals surface area contributed by atoms with Crippen LogP contribution in [0.25, 0.3) is 6.08 Å². The molecular formula is C25H26N4O3S2. The molecule has 34 heavy (non-hydrogen) atoms. The Kier molecular flexibility index (Phi) is 6.94. The second kappa shape index (κ2) is 9.74. The molecule has 9 heteroatoms. The number of benzene rings is 1. The summed E-state index contributed by atoms with van der Waals surface area (Å²) in [6.45, 7) is 7.33. The van der Waals surface area contributed by atoms with Gasteiger partial charge in [-0.05, 0) is 38.0 Å². The SMILES string of the molecule is Cc1c(/C=C2\SC(=S)N(Cc3ccccc3)C2=O)c(N2CC(C)OC(C)C2)n(C)c(=O)c1C#N. The monoisotopic (exact) mass is 494 g/mol. The van der Waals surface area contributed by atoms with Crippen molar-refractivity contribution in [2.75, 3.05) is 18.0 Å². The van der Waals surface area contributed by atoms with E-state index in [1.54, 1.807) is 24.9 Å². The van der Waals surface area contributed by atoms with E-state index < -0.39 is 0 Å². The van der Waals surface area contributed by atoms with Gasteiger partial charge in [0.05, 0.1) is 23.7 Å². The Morgan fingerprint density at radius 2 is 1.85 bits per heavy atom. The molecule has 2 saturated heterocycles. The standard InChI is InChI=1S/C25H26N4O3S2/c1-15-12-28(13-16(2)32-15)22-19(17(3)20(11-26)23(30)27(22)4)10-21-24(31)29(25(33)34-21)14-18-8-6-5-7-9-18/h5-10,15-16H,12-14H2,1-4H3/b21-10-. The van der Waals surface area contributed by atoms with Crippen molar-refractivity contribution in [3.05, 3.63) is 67.8 Å². The molecule has 1 aromatic heterocycles. The average molecular weight is 495 g/mol. The molecule has 7 nitrogen and oxygen atoms in total. The third kappa shape index (κ3) is 4.53. The van der Waals surface area contributed by atoms with Crippen LogP contribution < -0.4 is 10.5 Å². The molecule has 0 saturated carbocycles. The molecule has 2 aliphatic rings. The summed E-state index contributed by atoms with van der Waals surface area (Å²) in [6.07, 6.45) is 1.73. The number of carbonyl (C=O) groups is 1. The van der Waals surface area contributed by atoms with Crippen LogP contribution in [-0.4, -0.2) is 45.0 Å². The lowest BCUT2D eigenvalue weighted by molar-refractivity contribution is -0.122. The topological polar surface area (TPSA) is 78.6 Å². The number of nitrogens with zero attached hydrogens (tertiary/aromatic N) is 4. The maximum absolute atomic E-state index is 13.3. The molecule has 2 aromatic rings. The summed E-state index contributed by atoms with van der Waals surface area (Å²) in [5, 5.41) is 9.68. The number of aromatic nitrogens is 1. The Balaban J connectivity index is 1.80. The van der Waals surface area contributed by atoms with Gasteiger partial charge in [-0.25, -0.2) is 0 Å². The molecule has 3 heterocycles. The highest BCUT2D eigenvalue weighted by Gasteiger charge is 2.34. The van der Waals surface area contributed by atoms with E-state index in [9.17, 15) is 14.9 Å². The number of nitriles is 1. The first-order valence-electron chi connectivity index (χ1n) is 11.0. The molecule has 2 atom stereocenters. The number of ether oxygens (including phenoxy) is 1. The third-order valence-corrected chi connectivity index (χ3v) is 7.40. The quantitative estimate of drug-likeness (QED) is 0.475. The van der Waals surface area contributed by atoms with E-state index in [0.717, 1.165) is 5.56 Å². The number of pyridine rings is 1. The first kappa shape index (κ1) is 24.2. The van der Waals surface area contributed by atoms with Gasteiger partial charge < -0.3 is 9.64 Å². The van der Waals surface area contributed by atoms with Crippen molar-refractivity contribution < 1.29 is 9.53 Å². The van der Waals surface area contributed by atoms with Crippen molar-refractivity contribution in [3.8, 4) is 6.07 Å². The van der Waals surface area contributed by atoms with Crippen LogP contribution in [0.1, 0.15) is 36.1 Å². The molecule has 0 aliphatic carbocycles. The van der Waals surface area contributed by atoms with Crippen LogP contribution in [0.4, 0.5) is 5.82 Å². The van der Waals surface area contributed by atoms with E-state index >= 15 is 0 Å². The highest BCUT2D eigenvalue weighted by atomic mass is 32.2. The zero-order chi connectivity index (χ0) is 24.6. The van der Waals surface area contributed by atoms with Gasteiger partial charge in [0.25, 0.3) is 11.5 Å². The van der Waals surface area contributed by atoms with Gasteiger partial charge in [-0.1, -0.05) is 54.3 Å². The van der Waals surface area contributed by atoms with Crippen LogP contribution in [0.15, 0.2) is 40.0 Å². The number of thioether (sulfide) groups is 1. The molecule has 1 aromatic carbocycles. The predicted octanol–water partition coefficient (Wildman–Crippen LogP) is 3.58. The summed E-state index contributed by atoms with van der Waals surface area (Å²) in [6, 6.07) is 11.7. The fourth-order valence-corrected chi connectivity index (χ4v) is 5.72. The van der Waals surface area contributed by atoms with Gasteiger partial charge in [0.1, 0.15) is 21.8 Å². The Bertz CT molecular complexity index is 1270. The minimum Gasteiger partial charge on any atom is -0.372 e. The van der Waals surface area contributed by atoms with E-state index in [1.807, 2.05) is 50.2 Å². The molecule has 0 spiro atoms. The van der Waals surface area contributed by atoms with Gasteiger partial charge in [0.2, 0.25) is 0 Å². The second-order valence-corrected chi connectivity index (χ2v) is 10.3. The van der Waals surface area contributed by atoms with Crippen LogP contribution in [0, 0.1) is 18.3 Å². The predicted molar refractivity (Wildman–Crippen MR) is 139 cm³/mol. The van der Waals surface area contributed by atoms with Gasteiger partial charge in [-0.3, -0.25) is 19.1 Å². The summed E-state index contributed by atoms with van der Waals surface area (Å²) in [5.74, 6) is 0.497. The first-order chi connectivity index (χ1) is 16.2. The highest BCUT2D eigenvalue weighted by Crippen LogP contribution is 2.36. The molecule has 2 aliphatic heterocycles. The molecule has 1 amide bonds. The summed E-state index contributed by atoms with van der Waals surface area (Å²) >= 11 is 6.76. The van der Waals surface area contributed by atoms with E-state index in [1.165, 1.54) is 16.3 Å². The number of morpholine rings is 1. The van der Waals surface area contributed by atoms with E-state index in [2.05, 4.69) is 4.90 Å². The molecule has 176 valence electrons. The van der Waals surface area contributed by atoms with Crippen LogP contribution in [0.2, 0.25) is 0 Å². The summed E-state index contributed by atoms with van der Waals surface area (Å²) in [4.78, 5) is 30.4. The van der Waals surface area contributed by atoms with Crippen molar-refractivity contribution in [2.24, 2.45) is 7.05 Å². The maximum atomic E-state index is 13.3. The number of rotatable bonds is 4. The number of carbonyl (C=O) groups excluding carboxylic acids is 1. The number of thiocarbonyl (C=S) groups is 1. The van der Waals surface area contributed by atoms with Crippen molar-refractivity contribution in [1.29, 1.82) is 5.26 Å². The zero-order valence-corrected chi connectivity index (χ0v) is 21.2. The Morgan fingerprint density at radius 3 is 2.47 bits per heavy atom. The van der Waals surface area contributed by atoms with Crippen LogP contribution in [0.5, 0.6) is 0 Å². The van der Waals surface area contributed by atoms with Crippen molar-refractivity contribution >= 4 is 46.1 Å². The summed E-state index contributed by atoms with van der Waals surface area (Å²) in [5.41, 5.74) is 1.95. The van der Waals surface area contributed by atoms with Gasteiger partial charge in [-0.2, -0.15) is 5.26 Å². The van der Waals surface area contributed by atoms with Gasteiger partial charge >= 0.3 is 0 Å². The lowest BCUT2D eigenvalue weighted by atomic mass is 10.0. The highest BCUT2D eigenvalue weighted by molar-refractivity contribution is 8.26. The summed E-state index contributed by atoms with van der Waals surface area (Å²) in [7, 11) is 1.67. The van der Waals surface area contributed by atoms with E-state index in [0.29, 0.717) is 45.8 Å². The normalized spacial score (nSPS) is 21.9. The molecule has 2 fully saturated rings.